The molecule has 1 heterocycles. The van der Waals surface area contributed by atoms with E-state index in [-0.39, 0.29) is 6.04 Å². The van der Waals surface area contributed by atoms with E-state index in [1.165, 1.54) is 0 Å². The average Bonchev–Trinajstić information content (AvgIpc) is 2.84. The second-order valence-electron chi connectivity index (χ2n) is 4.46. The van der Waals surface area contributed by atoms with E-state index in [4.69, 9.17) is 5.11 Å². The van der Waals surface area contributed by atoms with Crippen LogP contribution in [-0.4, -0.2) is 36.2 Å². The number of aliphatic carboxylic acids is 1. The topological polar surface area (TPSA) is 105 Å². The van der Waals surface area contributed by atoms with Gasteiger partial charge in [-0.1, -0.05) is 0 Å². The van der Waals surface area contributed by atoms with Crippen molar-refractivity contribution in [2.24, 2.45) is 0 Å². The summed E-state index contributed by atoms with van der Waals surface area (Å²) in [5.41, 5.74) is 0. The number of carbonyl (C=O) groups excluding carboxylic acids is 2. The second-order valence-corrected chi connectivity index (χ2v) is 5.78. The Morgan fingerprint density at radius 1 is 1.33 bits per heavy atom. The van der Waals surface area contributed by atoms with Gasteiger partial charge >= 0.3 is 18.0 Å². The molecule has 2 amide bonds. The van der Waals surface area contributed by atoms with Gasteiger partial charge in [0.2, 0.25) is 0 Å². The molecule has 21 heavy (non-hydrogen) atoms. The van der Waals surface area contributed by atoms with E-state index in [1.807, 2.05) is 19.1 Å². The lowest BCUT2D eigenvalue weighted by Crippen LogP contribution is -2.47. The quantitative estimate of drug-likeness (QED) is 0.689. The monoisotopic (exact) mass is 314 g/mol. The highest BCUT2D eigenvalue weighted by Crippen LogP contribution is 2.22. The Labute approximate surface area is 126 Å². The molecule has 0 fully saturated rings. The Hall–Kier alpha value is -2.09. The summed E-state index contributed by atoms with van der Waals surface area (Å²) in [6, 6.07) is 1.61. The zero-order valence-electron chi connectivity index (χ0n) is 12.0. The number of carboxylic acids is 1. The van der Waals surface area contributed by atoms with Crippen LogP contribution in [0.5, 0.6) is 0 Å². The molecule has 0 aliphatic heterocycles. The Morgan fingerprint density at radius 2 is 2.00 bits per heavy atom. The fraction of sp³-hybridized carbons (Fsp3) is 0.462. The van der Waals surface area contributed by atoms with E-state index in [0.717, 1.165) is 16.9 Å². The van der Waals surface area contributed by atoms with Gasteiger partial charge in [-0.3, -0.25) is 4.79 Å². The molecule has 0 saturated heterocycles. The number of thiophene rings is 1. The minimum Gasteiger partial charge on any atom is -0.480 e. The molecule has 0 saturated carbocycles. The Kier molecular flexibility index (Phi) is 6.16. The van der Waals surface area contributed by atoms with Crippen LogP contribution in [0.2, 0.25) is 0 Å². The van der Waals surface area contributed by atoms with Gasteiger partial charge in [0.05, 0.1) is 19.6 Å². The maximum Gasteiger partial charge on any atom is 0.326 e. The zero-order chi connectivity index (χ0) is 16.0. The van der Waals surface area contributed by atoms with Crippen LogP contribution >= 0.6 is 11.3 Å². The van der Waals surface area contributed by atoms with Crippen molar-refractivity contribution in [2.45, 2.75) is 32.4 Å². The molecule has 0 aliphatic carbocycles. The molecule has 0 radical (unpaired) electrons. The van der Waals surface area contributed by atoms with Crippen molar-refractivity contribution in [2.75, 3.05) is 7.11 Å². The smallest absolute Gasteiger partial charge is 0.326 e. The standard InChI is InChI=1S/C13H18N2O5S/c1-7-4-5-10(21-7)8(2)14-13(19)15-9(12(17)18)6-11(16)20-3/h4-5,8-9H,6H2,1-3H3,(H,17,18)(H2,14,15,19)/t8?,9-/m0/s1. The van der Waals surface area contributed by atoms with E-state index >= 15 is 0 Å². The molecule has 7 nitrogen and oxygen atoms in total. The lowest BCUT2D eigenvalue weighted by atomic mass is 10.2. The number of urea groups is 1. The Bertz CT molecular complexity index is 528. The van der Waals surface area contributed by atoms with E-state index in [0.29, 0.717) is 0 Å². The summed E-state index contributed by atoms with van der Waals surface area (Å²) in [7, 11) is 1.16. The van der Waals surface area contributed by atoms with Crippen LogP contribution in [0.1, 0.15) is 29.1 Å². The summed E-state index contributed by atoms with van der Waals surface area (Å²) in [6.07, 6.45) is -0.425. The van der Waals surface area contributed by atoms with Crippen molar-refractivity contribution in [1.82, 2.24) is 10.6 Å². The summed E-state index contributed by atoms with van der Waals surface area (Å²) in [6.45, 7) is 3.75. The van der Waals surface area contributed by atoms with Crippen LogP contribution in [0.15, 0.2) is 12.1 Å². The molecule has 0 aromatic carbocycles. The molecule has 1 aromatic heterocycles. The van der Waals surface area contributed by atoms with Crippen molar-refractivity contribution in [3.05, 3.63) is 21.9 Å². The van der Waals surface area contributed by atoms with E-state index < -0.39 is 30.4 Å². The van der Waals surface area contributed by atoms with Gasteiger partial charge in [0.1, 0.15) is 6.04 Å². The van der Waals surface area contributed by atoms with Crippen LogP contribution < -0.4 is 10.6 Å². The van der Waals surface area contributed by atoms with Crippen LogP contribution in [0.25, 0.3) is 0 Å². The fourth-order valence-corrected chi connectivity index (χ4v) is 2.48. The maximum absolute atomic E-state index is 11.8. The predicted octanol–water partition coefficient (Wildman–Crippen LogP) is 1.43. The first kappa shape index (κ1) is 17.0. The molecule has 2 atom stereocenters. The number of hydrogen-bond acceptors (Lipinski definition) is 5. The third kappa shape index (κ3) is 5.42. The summed E-state index contributed by atoms with van der Waals surface area (Å²) in [5.74, 6) is -2.00. The second kappa shape index (κ2) is 7.63. The van der Waals surface area contributed by atoms with Crippen molar-refractivity contribution < 1.29 is 24.2 Å². The molecule has 116 valence electrons. The molecule has 1 aromatic rings. The molecule has 8 heteroatoms. The van der Waals surface area contributed by atoms with Crippen LogP contribution in [0.3, 0.4) is 0 Å². The zero-order valence-corrected chi connectivity index (χ0v) is 12.8. The number of amides is 2. The average molecular weight is 314 g/mol. The van der Waals surface area contributed by atoms with Gasteiger partial charge < -0.3 is 20.5 Å². The van der Waals surface area contributed by atoms with E-state index in [9.17, 15) is 14.4 Å². The number of carboxylic acid groups (broad SMARTS) is 1. The molecule has 0 spiro atoms. The highest BCUT2D eigenvalue weighted by molar-refractivity contribution is 7.12. The van der Waals surface area contributed by atoms with E-state index in [1.54, 1.807) is 18.3 Å². The van der Waals surface area contributed by atoms with Crippen LogP contribution in [0.4, 0.5) is 4.79 Å². The molecule has 1 rings (SSSR count). The van der Waals surface area contributed by atoms with Gasteiger partial charge in [-0.25, -0.2) is 9.59 Å². The Morgan fingerprint density at radius 3 is 2.48 bits per heavy atom. The van der Waals surface area contributed by atoms with Crippen LogP contribution in [0, 0.1) is 6.92 Å². The third-order valence-electron chi connectivity index (χ3n) is 2.74. The van der Waals surface area contributed by atoms with Crippen LogP contribution in [-0.2, 0) is 14.3 Å². The van der Waals surface area contributed by atoms with Gasteiger partial charge in [-0.15, -0.1) is 11.3 Å². The predicted molar refractivity (Wildman–Crippen MR) is 77.2 cm³/mol. The number of aryl methyl sites for hydroxylation is 1. The van der Waals surface area contributed by atoms with Gasteiger partial charge in [0.15, 0.2) is 0 Å². The summed E-state index contributed by atoms with van der Waals surface area (Å²) < 4.78 is 4.39. The molecule has 0 aliphatic rings. The van der Waals surface area contributed by atoms with Crippen molar-refractivity contribution in [1.29, 1.82) is 0 Å². The number of carbonyl (C=O) groups is 3. The molecule has 3 N–H and O–H groups in total. The van der Waals surface area contributed by atoms with Gasteiger partial charge in [0.25, 0.3) is 0 Å². The fourth-order valence-electron chi connectivity index (χ4n) is 1.60. The molecule has 0 bridgehead atoms. The summed E-state index contributed by atoms with van der Waals surface area (Å²) in [5, 5.41) is 13.8. The molecule has 1 unspecified atom stereocenters. The molecular weight excluding hydrogens is 296 g/mol. The minimum atomic E-state index is -1.32. The number of methoxy groups -OCH3 is 1. The molecular formula is C13H18N2O5S. The first-order chi connectivity index (χ1) is 9.83. The summed E-state index contributed by atoms with van der Waals surface area (Å²) >= 11 is 1.54. The van der Waals surface area contributed by atoms with Gasteiger partial charge in [-0.2, -0.15) is 0 Å². The third-order valence-corrected chi connectivity index (χ3v) is 3.92. The number of hydrogen-bond donors (Lipinski definition) is 3. The normalized spacial score (nSPS) is 13.1. The Balaban J connectivity index is 2.57. The maximum atomic E-state index is 11.8. The summed E-state index contributed by atoms with van der Waals surface area (Å²) in [4.78, 5) is 36.0. The number of rotatable bonds is 6. The first-order valence-electron chi connectivity index (χ1n) is 6.26. The SMILES string of the molecule is COC(=O)C[C@H](NC(=O)NC(C)c1ccc(C)s1)C(=O)O. The number of esters is 1. The lowest BCUT2D eigenvalue weighted by Gasteiger charge is -2.17. The highest BCUT2D eigenvalue weighted by atomic mass is 32.1. The lowest BCUT2D eigenvalue weighted by molar-refractivity contribution is -0.147. The number of nitrogens with one attached hydrogen (secondary N) is 2. The van der Waals surface area contributed by atoms with Gasteiger partial charge in [0, 0.05) is 9.75 Å². The highest BCUT2D eigenvalue weighted by Gasteiger charge is 2.24. The minimum absolute atomic E-state index is 0.253. The largest absolute Gasteiger partial charge is 0.480 e. The van der Waals surface area contributed by atoms with Crippen molar-refractivity contribution in [3.63, 3.8) is 0 Å². The van der Waals surface area contributed by atoms with Crippen molar-refractivity contribution >= 4 is 29.3 Å². The van der Waals surface area contributed by atoms with Crippen molar-refractivity contribution in [3.8, 4) is 0 Å². The number of ether oxygens (including phenoxy) is 1. The van der Waals surface area contributed by atoms with E-state index in [2.05, 4.69) is 15.4 Å². The first-order valence-corrected chi connectivity index (χ1v) is 7.08. The van der Waals surface area contributed by atoms with Gasteiger partial charge in [-0.05, 0) is 26.0 Å².